The van der Waals surface area contributed by atoms with Gasteiger partial charge in [0.15, 0.2) is 5.58 Å². The van der Waals surface area contributed by atoms with Gasteiger partial charge in [0, 0.05) is 18.3 Å². The molecule has 1 fully saturated rings. The SMILES string of the molecule is Cc1cc(O[C@@H]2CCN(S(=O)(=O)c3ccc4oc(=O)[nH]c4c3)C2)nc(C)n1. The number of aromatic nitrogens is 3. The highest BCUT2D eigenvalue weighted by Crippen LogP contribution is 2.25. The molecule has 0 unspecified atom stereocenters. The van der Waals surface area contributed by atoms with Gasteiger partial charge in [0.2, 0.25) is 15.9 Å². The number of hydrogen-bond donors (Lipinski definition) is 1. The standard InChI is InChI=1S/C17H18N4O5S/c1-10-7-16(19-11(2)18-10)25-12-5-6-21(9-12)27(23,24)13-3-4-15-14(8-13)20-17(22)26-15/h3-4,7-8,12H,5-6,9H2,1-2H3,(H,20,22)/t12-/m1/s1. The Morgan fingerprint density at radius 3 is 2.85 bits per heavy atom. The van der Waals surface area contributed by atoms with E-state index in [2.05, 4.69) is 15.0 Å². The summed E-state index contributed by atoms with van der Waals surface area (Å²) in [4.78, 5) is 22.3. The number of hydrogen-bond acceptors (Lipinski definition) is 7. The van der Waals surface area contributed by atoms with Crippen molar-refractivity contribution in [3.63, 3.8) is 0 Å². The third-order valence-electron chi connectivity index (χ3n) is 4.37. The molecule has 1 aliphatic rings. The molecule has 10 heteroatoms. The Bertz CT molecular complexity index is 1150. The second-order valence-electron chi connectivity index (χ2n) is 6.46. The molecule has 0 amide bonds. The Labute approximate surface area is 155 Å². The number of oxazole rings is 1. The van der Waals surface area contributed by atoms with Crippen LogP contribution in [0.25, 0.3) is 11.1 Å². The van der Waals surface area contributed by atoms with Gasteiger partial charge in [0.25, 0.3) is 0 Å². The number of rotatable bonds is 4. The summed E-state index contributed by atoms with van der Waals surface area (Å²) in [5, 5.41) is 0. The molecule has 1 saturated heterocycles. The number of ether oxygens (including phenoxy) is 1. The zero-order valence-electron chi connectivity index (χ0n) is 14.8. The van der Waals surface area contributed by atoms with Gasteiger partial charge in [-0.3, -0.25) is 4.98 Å². The van der Waals surface area contributed by atoms with E-state index in [4.69, 9.17) is 9.15 Å². The molecular weight excluding hydrogens is 372 g/mol. The smallest absolute Gasteiger partial charge is 0.417 e. The molecule has 1 atom stereocenters. The number of benzene rings is 1. The van der Waals surface area contributed by atoms with Crippen LogP contribution >= 0.6 is 0 Å². The van der Waals surface area contributed by atoms with E-state index in [1.807, 2.05) is 6.92 Å². The lowest BCUT2D eigenvalue weighted by Gasteiger charge is -2.17. The summed E-state index contributed by atoms with van der Waals surface area (Å²) in [6.07, 6.45) is 0.275. The van der Waals surface area contributed by atoms with Crippen LogP contribution < -0.4 is 10.5 Å². The third-order valence-corrected chi connectivity index (χ3v) is 6.23. The maximum Gasteiger partial charge on any atom is 0.417 e. The van der Waals surface area contributed by atoms with Crippen LogP contribution in [0.2, 0.25) is 0 Å². The molecule has 27 heavy (non-hydrogen) atoms. The van der Waals surface area contributed by atoms with Gasteiger partial charge in [0.05, 0.1) is 17.0 Å². The van der Waals surface area contributed by atoms with Crippen LogP contribution in [-0.2, 0) is 10.0 Å². The van der Waals surface area contributed by atoms with Gasteiger partial charge >= 0.3 is 5.76 Å². The Morgan fingerprint density at radius 1 is 1.26 bits per heavy atom. The number of sulfonamides is 1. The van der Waals surface area contributed by atoms with Gasteiger partial charge in [-0.15, -0.1) is 0 Å². The van der Waals surface area contributed by atoms with Crippen molar-refractivity contribution in [3.8, 4) is 5.88 Å². The van der Waals surface area contributed by atoms with Gasteiger partial charge in [-0.1, -0.05) is 0 Å². The van der Waals surface area contributed by atoms with Crippen molar-refractivity contribution in [3.05, 3.63) is 46.3 Å². The van der Waals surface area contributed by atoms with Crippen LogP contribution in [0.15, 0.2) is 38.4 Å². The van der Waals surface area contributed by atoms with Crippen molar-refractivity contribution in [1.82, 2.24) is 19.3 Å². The van der Waals surface area contributed by atoms with Crippen LogP contribution in [-0.4, -0.2) is 46.9 Å². The first-order valence-corrected chi connectivity index (χ1v) is 9.87. The van der Waals surface area contributed by atoms with E-state index < -0.39 is 15.8 Å². The zero-order chi connectivity index (χ0) is 19.2. The van der Waals surface area contributed by atoms with Crippen molar-refractivity contribution in [2.45, 2.75) is 31.3 Å². The molecule has 1 aliphatic heterocycles. The molecule has 3 heterocycles. The Morgan fingerprint density at radius 2 is 2.07 bits per heavy atom. The second-order valence-corrected chi connectivity index (χ2v) is 8.40. The van der Waals surface area contributed by atoms with Crippen LogP contribution in [0.3, 0.4) is 0 Å². The van der Waals surface area contributed by atoms with E-state index in [0.717, 1.165) is 5.69 Å². The average Bonchev–Trinajstić information content (AvgIpc) is 3.18. The van der Waals surface area contributed by atoms with Gasteiger partial charge in [0.1, 0.15) is 11.9 Å². The van der Waals surface area contributed by atoms with E-state index in [0.29, 0.717) is 35.8 Å². The summed E-state index contributed by atoms with van der Waals surface area (Å²) in [5.41, 5.74) is 1.46. The minimum Gasteiger partial charge on any atom is -0.473 e. The number of nitrogens with zero attached hydrogens (tertiary/aromatic N) is 3. The van der Waals surface area contributed by atoms with Gasteiger partial charge in [-0.05, 0) is 38.5 Å². The van der Waals surface area contributed by atoms with E-state index in [1.54, 1.807) is 13.0 Å². The molecule has 0 aliphatic carbocycles. The third kappa shape index (κ3) is 3.45. The van der Waals surface area contributed by atoms with Crippen LogP contribution in [0, 0.1) is 13.8 Å². The summed E-state index contributed by atoms with van der Waals surface area (Å²) in [7, 11) is -3.71. The predicted octanol–water partition coefficient (Wildman–Crippen LogP) is 1.37. The molecule has 4 rings (SSSR count). The molecule has 9 nitrogen and oxygen atoms in total. The molecule has 3 aromatic rings. The van der Waals surface area contributed by atoms with E-state index >= 15 is 0 Å². The van der Waals surface area contributed by atoms with Crippen molar-refractivity contribution in [2.75, 3.05) is 13.1 Å². The zero-order valence-corrected chi connectivity index (χ0v) is 15.6. The maximum atomic E-state index is 12.9. The highest BCUT2D eigenvalue weighted by atomic mass is 32.2. The van der Waals surface area contributed by atoms with Crippen molar-refractivity contribution in [2.24, 2.45) is 0 Å². The van der Waals surface area contributed by atoms with E-state index in [-0.39, 0.29) is 17.5 Å². The first-order valence-electron chi connectivity index (χ1n) is 8.43. The number of fused-ring (bicyclic) bond motifs is 1. The molecule has 0 bridgehead atoms. The molecule has 1 aromatic carbocycles. The normalized spacial score (nSPS) is 18.2. The summed E-state index contributed by atoms with van der Waals surface area (Å²) in [6.45, 7) is 4.20. The second kappa shape index (κ2) is 6.46. The molecule has 0 saturated carbocycles. The Kier molecular flexibility index (Phi) is 4.23. The van der Waals surface area contributed by atoms with Gasteiger partial charge in [-0.25, -0.2) is 18.2 Å². The maximum absolute atomic E-state index is 12.9. The summed E-state index contributed by atoms with van der Waals surface area (Å²) in [6, 6.07) is 6.03. The largest absolute Gasteiger partial charge is 0.473 e. The van der Waals surface area contributed by atoms with Crippen LogP contribution in [0.5, 0.6) is 5.88 Å². The molecular formula is C17H18N4O5S. The van der Waals surface area contributed by atoms with E-state index in [1.165, 1.54) is 22.5 Å². The number of H-pyrrole nitrogens is 1. The fourth-order valence-electron chi connectivity index (χ4n) is 3.17. The Hall–Kier alpha value is -2.72. The average molecular weight is 390 g/mol. The minimum atomic E-state index is -3.71. The highest BCUT2D eigenvalue weighted by molar-refractivity contribution is 7.89. The fraction of sp³-hybridized carbons (Fsp3) is 0.353. The minimum absolute atomic E-state index is 0.0985. The van der Waals surface area contributed by atoms with Crippen molar-refractivity contribution in [1.29, 1.82) is 0 Å². The monoisotopic (exact) mass is 390 g/mol. The first-order chi connectivity index (χ1) is 12.8. The molecule has 0 radical (unpaired) electrons. The molecule has 2 aromatic heterocycles. The molecule has 142 valence electrons. The number of nitrogens with one attached hydrogen (secondary N) is 1. The number of aromatic amines is 1. The summed E-state index contributed by atoms with van der Waals surface area (Å²) >= 11 is 0. The number of aryl methyl sites for hydroxylation is 2. The lowest BCUT2D eigenvalue weighted by atomic mass is 10.3. The first kappa shape index (κ1) is 17.7. The van der Waals surface area contributed by atoms with E-state index in [9.17, 15) is 13.2 Å². The summed E-state index contributed by atoms with van der Waals surface area (Å²) in [5.74, 6) is 0.432. The fourth-order valence-corrected chi connectivity index (χ4v) is 4.68. The van der Waals surface area contributed by atoms with Crippen molar-refractivity contribution < 1.29 is 17.6 Å². The lowest BCUT2D eigenvalue weighted by Crippen LogP contribution is -2.31. The van der Waals surface area contributed by atoms with Gasteiger partial charge < -0.3 is 9.15 Å². The quantitative estimate of drug-likeness (QED) is 0.715. The summed E-state index contributed by atoms with van der Waals surface area (Å²) < 4.78 is 38.0. The van der Waals surface area contributed by atoms with Crippen LogP contribution in [0.4, 0.5) is 0 Å². The van der Waals surface area contributed by atoms with Crippen LogP contribution in [0.1, 0.15) is 17.9 Å². The van der Waals surface area contributed by atoms with Gasteiger partial charge in [-0.2, -0.15) is 9.29 Å². The lowest BCUT2D eigenvalue weighted by molar-refractivity contribution is 0.206. The van der Waals surface area contributed by atoms with Crippen molar-refractivity contribution >= 4 is 21.1 Å². The predicted molar refractivity (Wildman–Crippen MR) is 96.1 cm³/mol. The topological polar surface area (TPSA) is 118 Å². The molecule has 0 spiro atoms. The Balaban J connectivity index is 1.53. The molecule has 1 N–H and O–H groups in total. The highest BCUT2D eigenvalue weighted by Gasteiger charge is 2.34.